The van der Waals surface area contributed by atoms with E-state index in [-0.39, 0.29) is 5.82 Å². The largest absolute Gasteiger partial charge is 0.493 e. The summed E-state index contributed by atoms with van der Waals surface area (Å²) in [5.74, 6) is 0.592. The van der Waals surface area contributed by atoms with Crippen molar-refractivity contribution in [2.45, 2.75) is 0 Å². The fourth-order valence-corrected chi connectivity index (χ4v) is 1.42. The normalized spacial score (nSPS) is 10.1. The number of methoxy groups -OCH3 is 1. The topological polar surface area (TPSA) is 48.1 Å². The van der Waals surface area contributed by atoms with Crippen LogP contribution in [0.3, 0.4) is 0 Å². The fraction of sp³-hybridized carbons (Fsp3) is 0.0833. The SMILES string of the molecule is COc1cc(-c2ccc(F)cc2)cnc1N. The van der Waals surface area contributed by atoms with E-state index in [0.29, 0.717) is 11.6 Å². The van der Waals surface area contributed by atoms with Crippen molar-refractivity contribution in [3.05, 3.63) is 42.3 Å². The van der Waals surface area contributed by atoms with Crippen LogP contribution in [0.2, 0.25) is 0 Å². The van der Waals surface area contributed by atoms with Gasteiger partial charge < -0.3 is 10.5 Å². The molecule has 4 heteroatoms. The van der Waals surface area contributed by atoms with E-state index in [2.05, 4.69) is 4.98 Å². The van der Waals surface area contributed by atoms with Gasteiger partial charge in [-0.25, -0.2) is 9.37 Å². The second-order valence-electron chi connectivity index (χ2n) is 3.32. The number of pyridine rings is 1. The van der Waals surface area contributed by atoms with Crippen LogP contribution in [0.25, 0.3) is 11.1 Å². The molecular formula is C12H11FN2O. The molecular weight excluding hydrogens is 207 g/mol. The predicted molar refractivity (Wildman–Crippen MR) is 60.6 cm³/mol. The number of nitrogen functional groups attached to an aromatic ring is 1. The number of nitrogens with two attached hydrogens (primary N) is 1. The van der Waals surface area contributed by atoms with E-state index in [1.165, 1.54) is 19.2 Å². The van der Waals surface area contributed by atoms with E-state index in [9.17, 15) is 4.39 Å². The summed E-state index contributed by atoms with van der Waals surface area (Å²) in [6.07, 6.45) is 1.63. The number of hydrogen-bond donors (Lipinski definition) is 1. The van der Waals surface area contributed by atoms with Gasteiger partial charge in [0.25, 0.3) is 0 Å². The summed E-state index contributed by atoms with van der Waals surface area (Å²) in [4.78, 5) is 4.01. The summed E-state index contributed by atoms with van der Waals surface area (Å²) < 4.78 is 17.8. The van der Waals surface area contributed by atoms with Crippen molar-refractivity contribution >= 4 is 5.82 Å². The van der Waals surface area contributed by atoms with Crippen LogP contribution in [0.15, 0.2) is 36.5 Å². The number of rotatable bonds is 2. The summed E-state index contributed by atoms with van der Waals surface area (Å²) in [7, 11) is 1.53. The zero-order valence-electron chi connectivity index (χ0n) is 8.77. The molecule has 2 aromatic rings. The molecule has 2 rings (SSSR count). The first-order valence-corrected chi connectivity index (χ1v) is 4.76. The Morgan fingerprint density at radius 1 is 1.19 bits per heavy atom. The molecule has 0 fully saturated rings. The lowest BCUT2D eigenvalue weighted by atomic mass is 10.1. The molecule has 0 radical (unpaired) electrons. The molecule has 0 unspecified atom stereocenters. The molecule has 0 aliphatic carbocycles. The van der Waals surface area contributed by atoms with Gasteiger partial charge in [0.15, 0.2) is 11.6 Å². The summed E-state index contributed by atoms with van der Waals surface area (Å²) in [6.45, 7) is 0. The minimum absolute atomic E-state index is 0.265. The van der Waals surface area contributed by atoms with Gasteiger partial charge in [-0.15, -0.1) is 0 Å². The maximum absolute atomic E-state index is 12.8. The zero-order chi connectivity index (χ0) is 11.5. The van der Waals surface area contributed by atoms with Crippen molar-refractivity contribution in [1.82, 2.24) is 4.98 Å². The van der Waals surface area contributed by atoms with Gasteiger partial charge in [-0.1, -0.05) is 12.1 Å². The highest BCUT2D eigenvalue weighted by Crippen LogP contribution is 2.26. The second-order valence-corrected chi connectivity index (χ2v) is 3.32. The van der Waals surface area contributed by atoms with Crippen molar-refractivity contribution in [3.63, 3.8) is 0 Å². The van der Waals surface area contributed by atoms with E-state index in [0.717, 1.165) is 11.1 Å². The van der Waals surface area contributed by atoms with Crippen molar-refractivity contribution < 1.29 is 9.13 Å². The molecule has 1 aromatic carbocycles. The number of nitrogens with zero attached hydrogens (tertiary/aromatic N) is 1. The molecule has 1 aromatic heterocycles. The van der Waals surface area contributed by atoms with E-state index in [1.54, 1.807) is 24.4 Å². The first-order valence-electron chi connectivity index (χ1n) is 4.76. The van der Waals surface area contributed by atoms with E-state index in [4.69, 9.17) is 10.5 Å². The molecule has 1 heterocycles. The molecule has 2 N–H and O–H groups in total. The molecule has 3 nitrogen and oxygen atoms in total. The Kier molecular flexibility index (Phi) is 2.72. The predicted octanol–water partition coefficient (Wildman–Crippen LogP) is 2.48. The average molecular weight is 218 g/mol. The highest BCUT2D eigenvalue weighted by molar-refractivity contribution is 5.66. The molecule has 0 bridgehead atoms. The first kappa shape index (κ1) is 10.4. The molecule has 0 amide bonds. The van der Waals surface area contributed by atoms with Crippen molar-refractivity contribution in [1.29, 1.82) is 0 Å². The maximum atomic E-state index is 12.8. The van der Waals surface area contributed by atoms with Crippen molar-refractivity contribution in [2.24, 2.45) is 0 Å². The maximum Gasteiger partial charge on any atom is 0.166 e. The number of ether oxygens (including phenoxy) is 1. The lowest BCUT2D eigenvalue weighted by Gasteiger charge is -2.06. The van der Waals surface area contributed by atoms with Crippen LogP contribution in [-0.2, 0) is 0 Å². The minimum atomic E-state index is -0.265. The third-order valence-electron chi connectivity index (χ3n) is 2.28. The van der Waals surface area contributed by atoms with Gasteiger partial charge in [-0.05, 0) is 23.8 Å². The van der Waals surface area contributed by atoms with Crippen LogP contribution < -0.4 is 10.5 Å². The van der Waals surface area contributed by atoms with E-state index >= 15 is 0 Å². The van der Waals surface area contributed by atoms with Crippen LogP contribution in [0.4, 0.5) is 10.2 Å². The van der Waals surface area contributed by atoms with E-state index in [1.807, 2.05) is 0 Å². The molecule has 0 spiro atoms. The molecule has 0 aliphatic rings. The lowest BCUT2D eigenvalue weighted by Crippen LogP contribution is -1.95. The van der Waals surface area contributed by atoms with Crippen LogP contribution in [0.1, 0.15) is 0 Å². The van der Waals surface area contributed by atoms with Gasteiger partial charge in [0.2, 0.25) is 0 Å². The lowest BCUT2D eigenvalue weighted by molar-refractivity contribution is 0.415. The van der Waals surface area contributed by atoms with Gasteiger partial charge >= 0.3 is 0 Å². The Morgan fingerprint density at radius 3 is 2.50 bits per heavy atom. The molecule has 82 valence electrons. The number of hydrogen-bond acceptors (Lipinski definition) is 3. The summed E-state index contributed by atoms with van der Waals surface area (Å²) >= 11 is 0. The van der Waals surface area contributed by atoms with Crippen molar-refractivity contribution in [3.8, 4) is 16.9 Å². The van der Waals surface area contributed by atoms with Crippen LogP contribution in [-0.4, -0.2) is 12.1 Å². The van der Waals surface area contributed by atoms with Gasteiger partial charge in [0.05, 0.1) is 7.11 Å². The monoisotopic (exact) mass is 218 g/mol. The summed E-state index contributed by atoms with van der Waals surface area (Å²) in [5, 5.41) is 0. The quantitative estimate of drug-likeness (QED) is 0.842. The summed E-state index contributed by atoms with van der Waals surface area (Å²) in [6, 6.07) is 7.94. The van der Waals surface area contributed by atoms with Crippen molar-refractivity contribution in [2.75, 3.05) is 12.8 Å². The third kappa shape index (κ3) is 1.95. The Labute approximate surface area is 92.7 Å². The van der Waals surface area contributed by atoms with Gasteiger partial charge in [0, 0.05) is 11.8 Å². The third-order valence-corrected chi connectivity index (χ3v) is 2.28. The first-order chi connectivity index (χ1) is 7.70. The highest BCUT2D eigenvalue weighted by Gasteiger charge is 2.04. The number of benzene rings is 1. The fourth-order valence-electron chi connectivity index (χ4n) is 1.42. The molecule has 0 atom stereocenters. The van der Waals surface area contributed by atoms with Crippen LogP contribution in [0, 0.1) is 5.82 Å². The smallest absolute Gasteiger partial charge is 0.166 e. The Morgan fingerprint density at radius 2 is 1.88 bits per heavy atom. The van der Waals surface area contributed by atoms with Gasteiger partial charge in [-0.3, -0.25) is 0 Å². The zero-order valence-corrected chi connectivity index (χ0v) is 8.77. The van der Waals surface area contributed by atoms with Crippen LogP contribution >= 0.6 is 0 Å². The molecule has 0 aliphatic heterocycles. The second kappa shape index (κ2) is 4.18. The summed E-state index contributed by atoms with van der Waals surface area (Å²) in [5.41, 5.74) is 7.31. The van der Waals surface area contributed by atoms with Gasteiger partial charge in [0.1, 0.15) is 5.82 Å². The minimum Gasteiger partial charge on any atom is -0.493 e. The molecule has 16 heavy (non-hydrogen) atoms. The highest BCUT2D eigenvalue weighted by atomic mass is 19.1. The number of halogens is 1. The number of anilines is 1. The molecule has 0 saturated heterocycles. The Balaban J connectivity index is 2.44. The Bertz CT molecular complexity index is 497. The average Bonchev–Trinajstić information content (AvgIpc) is 2.31. The number of aromatic nitrogens is 1. The van der Waals surface area contributed by atoms with Gasteiger partial charge in [-0.2, -0.15) is 0 Å². The van der Waals surface area contributed by atoms with Crippen LogP contribution in [0.5, 0.6) is 5.75 Å². The van der Waals surface area contributed by atoms with E-state index < -0.39 is 0 Å². The Hall–Kier alpha value is -2.10. The standard InChI is InChI=1S/C12H11FN2O/c1-16-11-6-9(7-15-12(11)14)8-2-4-10(13)5-3-8/h2-7H,1H3,(H2,14,15). The molecule has 0 saturated carbocycles.